The predicted molar refractivity (Wildman–Crippen MR) is 94.7 cm³/mol. The summed E-state index contributed by atoms with van der Waals surface area (Å²) >= 11 is 0. The summed E-state index contributed by atoms with van der Waals surface area (Å²) in [6, 6.07) is 7.55. The van der Waals surface area contributed by atoms with Gasteiger partial charge in [0.2, 0.25) is 0 Å². The van der Waals surface area contributed by atoms with Crippen LogP contribution < -0.4 is 10.1 Å². The number of carbonyl (C=O) groups excluding carboxylic acids is 1. The third kappa shape index (κ3) is 4.44. The molecule has 1 aromatic carbocycles. The Kier molecular flexibility index (Phi) is 5.26. The fourth-order valence-electron chi connectivity index (χ4n) is 2.27. The second kappa shape index (κ2) is 7.77. The molecule has 0 aliphatic carbocycles. The van der Waals surface area contributed by atoms with Gasteiger partial charge >= 0.3 is 0 Å². The van der Waals surface area contributed by atoms with Crippen molar-refractivity contribution in [2.45, 2.75) is 33.9 Å². The van der Waals surface area contributed by atoms with Gasteiger partial charge in [0.05, 0.1) is 24.1 Å². The number of rotatable bonds is 6. The minimum Gasteiger partial charge on any atom is -0.485 e. The molecule has 2 heterocycles. The van der Waals surface area contributed by atoms with E-state index in [1.165, 1.54) is 0 Å². The van der Waals surface area contributed by atoms with E-state index in [0.29, 0.717) is 11.5 Å². The van der Waals surface area contributed by atoms with E-state index in [0.717, 1.165) is 22.6 Å². The van der Waals surface area contributed by atoms with E-state index < -0.39 is 0 Å². The molecule has 0 aliphatic rings. The lowest BCUT2D eigenvalue weighted by Crippen LogP contribution is -2.23. The molecule has 3 aromatic rings. The standard InChI is InChI=1S/C19H20N4O3/c1-12-4-5-13(2)18(6-12)25-11-16-7-17(23-26-16)19(24)22-10-15-9-20-14(3)8-21-15/h4-9H,10-11H2,1-3H3,(H,22,24). The zero-order valence-electron chi connectivity index (χ0n) is 14.9. The Hall–Kier alpha value is -3.22. The summed E-state index contributed by atoms with van der Waals surface area (Å²) in [6.45, 7) is 6.30. The van der Waals surface area contributed by atoms with Crippen molar-refractivity contribution in [3.05, 3.63) is 70.6 Å². The van der Waals surface area contributed by atoms with Crippen molar-refractivity contribution in [2.24, 2.45) is 0 Å². The molecule has 0 spiro atoms. The number of aromatic nitrogens is 3. The molecule has 0 aliphatic heterocycles. The Morgan fingerprint density at radius 3 is 2.77 bits per heavy atom. The first kappa shape index (κ1) is 17.6. The van der Waals surface area contributed by atoms with Gasteiger partial charge in [-0.2, -0.15) is 0 Å². The summed E-state index contributed by atoms with van der Waals surface area (Å²) in [6.07, 6.45) is 3.28. The highest BCUT2D eigenvalue weighted by Gasteiger charge is 2.13. The molecule has 0 unspecified atom stereocenters. The molecule has 0 saturated carbocycles. The molecule has 2 aromatic heterocycles. The molecular weight excluding hydrogens is 332 g/mol. The smallest absolute Gasteiger partial charge is 0.273 e. The molecule has 0 atom stereocenters. The van der Waals surface area contributed by atoms with E-state index in [-0.39, 0.29) is 24.8 Å². The number of ether oxygens (including phenoxy) is 1. The summed E-state index contributed by atoms with van der Waals surface area (Å²) in [5.74, 6) is 0.922. The molecule has 1 N–H and O–H groups in total. The second-order valence-corrected chi connectivity index (χ2v) is 6.07. The van der Waals surface area contributed by atoms with Gasteiger partial charge in [-0.1, -0.05) is 17.3 Å². The largest absolute Gasteiger partial charge is 0.485 e. The van der Waals surface area contributed by atoms with Gasteiger partial charge in [0.25, 0.3) is 5.91 Å². The number of aryl methyl sites for hydroxylation is 3. The highest BCUT2D eigenvalue weighted by Crippen LogP contribution is 2.20. The summed E-state index contributed by atoms with van der Waals surface area (Å²) in [5, 5.41) is 6.53. The van der Waals surface area contributed by atoms with Crippen molar-refractivity contribution in [1.29, 1.82) is 0 Å². The van der Waals surface area contributed by atoms with Crippen LogP contribution >= 0.6 is 0 Å². The molecule has 3 rings (SSSR count). The van der Waals surface area contributed by atoms with Gasteiger partial charge in [0.15, 0.2) is 11.5 Å². The van der Waals surface area contributed by atoms with Crippen molar-refractivity contribution in [3.8, 4) is 5.75 Å². The Labute approximate surface area is 151 Å². The molecular formula is C19H20N4O3. The maximum Gasteiger partial charge on any atom is 0.273 e. The third-order valence-corrected chi connectivity index (χ3v) is 3.77. The number of nitrogens with one attached hydrogen (secondary N) is 1. The highest BCUT2D eigenvalue weighted by atomic mass is 16.5. The summed E-state index contributed by atoms with van der Waals surface area (Å²) < 4.78 is 10.9. The monoisotopic (exact) mass is 352 g/mol. The maximum atomic E-state index is 12.1. The molecule has 26 heavy (non-hydrogen) atoms. The number of carbonyl (C=O) groups is 1. The number of hydrogen-bond acceptors (Lipinski definition) is 6. The van der Waals surface area contributed by atoms with E-state index in [2.05, 4.69) is 20.4 Å². The van der Waals surface area contributed by atoms with Crippen LogP contribution in [-0.2, 0) is 13.2 Å². The van der Waals surface area contributed by atoms with E-state index in [1.54, 1.807) is 18.5 Å². The van der Waals surface area contributed by atoms with Gasteiger partial charge in [0, 0.05) is 12.3 Å². The molecule has 0 radical (unpaired) electrons. The van der Waals surface area contributed by atoms with E-state index in [1.807, 2.05) is 39.0 Å². The van der Waals surface area contributed by atoms with Crippen LogP contribution in [0.25, 0.3) is 0 Å². The molecule has 7 heteroatoms. The predicted octanol–water partition coefficient (Wildman–Crippen LogP) is 2.90. The Morgan fingerprint density at radius 2 is 2.00 bits per heavy atom. The minimum absolute atomic E-state index is 0.199. The Morgan fingerprint density at radius 1 is 1.15 bits per heavy atom. The lowest BCUT2D eigenvalue weighted by molar-refractivity contribution is 0.0941. The summed E-state index contributed by atoms with van der Waals surface area (Å²) in [5.41, 5.74) is 3.84. The number of benzene rings is 1. The molecule has 0 saturated heterocycles. The molecule has 134 valence electrons. The van der Waals surface area contributed by atoms with E-state index in [9.17, 15) is 4.79 Å². The lowest BCUT2D eigenvalue weighted by Gasteiger charge is -2.07. The van der Waals surface area contributed by atoms with E-state index >= 15 is 0 Å². The van der Waals surface area contributed by atoms with Gasteiger partial charge in [-0.15, -0.1) is 0 Å². The van der Waals surface area contributed by atoms with Crippen molar-refractivity contribution in [3.63, 3.8) is 0 Å². The first-order chi connectivity index (χ1) is 12.5. The van der Waals surface area contributed by atoms with Crippen molar-refractivity contribution >= 4 is 5.91 Å². The zero-order valence-corrected chi connectivity index (χ0v) is 14.9. The van der Waals surface area contributed by atoms with Crippen LogP contribution in [0.1, 0.15) is 38.8 Å². The average molecular weight is 352 g/mol. The number of amides is 1. The van der Waals surface area contributed by atoms with Crippen LogP contribution in [0.15, 0.2) is 41.2 Å². The summed E-state index contributed by atoms with van der Waals surface area (Å²) in [4.78, 5) is 20.5. The van der Waals surface area contributed by atoms with Gasteiger partial charge in [-0.25, -0.2) is 0 Å². The van der Waals surface area contributed by atoms with E-state index in [4.69, 9.17) is 9.26 Å². The van der Waals surface area contributed by atoms with Gasteiger partial charge in [0.1, 0.15) is 12.4 Å². The fraction of sp³-hybridized carbons (Fsp3) is 0.263. The van der Waals surface area contributed by atoms with Crippen LogP contribution in [0.2, 0.25) is 0 Å². The highest BCUT2D eigenvalue weighted by molar-refractivity contribution is 5.92. The maximum absolute atomic E-state index is 12.1. The number of hydrogen-bond donors (Lipinski definition) is 1. The van der Waals surface area contributed by atoms with Gasteiger partial charge in [-0.3, -0.25) is 14.8 Å². The van der Waals surface area contributed by atoms with Gasteiger partial charge in [-0.05, 0) is 38.0 Å². The van der Waals surface area contributed by atoms with Crippen LogP contribution in [0.4, 0.5) is 0 Å². The molecule has 7 nitrogen and oxygen atoms in total. The molecule has 0 fully saturated rings. The third-order valence-electron chi connectivity index (χ3n) is 3.77. The number of nitrogens with zero attached hydrogens (tertiary/aromatic N) is 3. The Balaban J connectivity index is 1.55. The van der Waals surface area contributed by atoms with Crippen LogP contribution in [0, 0.1) is 20.8 Å². The molecule has 1 amide bonds. The first-order valence-electron chi connectivity index (χ1n) is 8.22. The second-order valence-electron chi connectivity index (χ2n) is 6.07. The average Bonchev–Trinajstić information content (AvgIpc) is 3.11. The normalized spacial score (nSPS) is 10.6. The quantitative estimate of drug-likeness (QED) is 0.733. The van der Waals surface area contributed by atoms with Crippen LogP contribution in [-0.4, -0.2) is 21.0 Å². The lowest BCUT2D eigenvalue weighted by atomic mass is 10.1. The zero-order chi connectivity index (χ0) is 18.5. The van der Waals surface area contributed by atoms with Crippen molar-refractivity contribution in [1.82, 2.24) is 20.4 Å². The van der Waals surface area contributed by atoms with Gasteiger partial charge < -0.3 is 14.6 Å². The molecule has 0 bridgehead atoms. The van der Waals surface area contributed by atoms with Crippen molar-refractivity contribution in [2.75, 3.05) is 0 Å². The van der Waals surface area contributed by atoms with Crippen LogP contribution in [0.5, 0.6) is 5.75 Å². The van der Waals surface area contributed by atoms with Crippen LogP contribution in [0.3, 0.4) is 0 Å². The van der Waals surface area contributed by atoms with Crippen molar-refractivity contribution < 1.29 is 14.1 Å². The fourth-order valence-corrected chi connectivity index (χ4v) is 2.27. The first-order valence-corrected chi connectivity index (χ1v) is 8.22. The SMILES string of the molecule is Cc1ccc(C)c(OCc2cc(C(=O)NCc3cnc(C)cn3)no2)c1. The minimum atomic E-state index is -0.339. The summed E-state index contributed by atoms with van der Waals surface area (Å²) in [7, 11) is 0. The Bertz CT molecular complexity index is 903. The topological polar surface area (TPSA) is 90.1 Å².